The van der Waals surface area contributed by atoms with Gasteiger partial charge >= 0.3 is 0 Å². The molecule has 3 unspecified atom stereocenters. The third kappa shape index (κ3) is 4.84. The number of ketones is 1. The topological polar surface area (TPSA) is 171 Å². The Balaban J connectivity index is 1.68. The predicted octanol–water partition coefficient (Wildman–Crippen LogP) is -3.39. The monoisotopic (exact) mass is 395 g/mol. The van der Waals surface area contributed by atoms with E-state index >= 15 is 0 Å². The fourth-order valence-electron chi connectivity index (χ4n) is 2.88. The number of nitrogens with zero attached hydrogens (tertiary/aromatic N) is 1. The predicted molar refractivity (Wildman–Crippen MR) is 96.4 cm³/mol. The van der Waals surface area contributed by atoms with Gasteiger partial charge in [-0.15, -0.1) is 11.8 Å². The third-order valence-electron chi connectivity index (χ3n) is 4.31. The first-order chi connectivity index (χ1) is 12.9. The molecular formula is C15H21N7O4S. The minimum atomic E-state index is -0.853. The number of Topliss-reactive ketones (excluding diaryl/α,β-unsaturated/α-hetero) is 1. The number of aromatic nitrogens is 2. The Kier molecular flexibility index (Phi) is 6.08. The second-order valence-electron chi connectivity index (χ2n) is 6.33. The van der Waals surface area contributed by atoms with Crippen LogP contribution < -0.4 is 27.0 Å². The Bertz CT molecular complexity index is 726. The van der Waals surface area contributed by atoms with Crippen molar-refractivity contribution in [3.05, 3.63) is 18.2 Å². The fourth-order valence-corrected chi connectivity index (χ4v) is 4.11. The van der Waals surface area contributed by atoms with Crippen LogP contribution >= 0.6 is 11.8 Å². The van der Waals surface area contributed by atoms with Gasteiger partial charge in [0.2, 0.25) is 17.7 Å². The number of piperazine rings is 1. The maximum atomic E-state index is 12.9. The summed E-state index contributed by atoms with van der Waals surface area (Å²) < 4.78 is 0. The van der Waals surface area contributed by atoms with Crippen LogP contribution in [-0.2, 0) is 25.6 Å². The van der Waals surface area contributed by atoms with Gasteiger partial charge in [-0.1, -0.05) is 0 Å². The van der Waals surface area contributed by atoms with E-state index in [-0.39, 0.29) is 31.2 Å². The van der Waals surface area contributed by atoms with E-state index in [0.29, 0.717) is 11.4 Å². The number of nitrogens with two attached hydrogens (primary N) is 1. The fraction of sp³-hybridized carbons (Fsp3) is 0.533. The molecule has 2 fully saturated rings. The number of nitrogens with one attached hydrogen (secondary N) is 5. The summed E-state index contributed by atoms with van der Waals surface area (Å²) in [7, 11) is 0. The highest BCUT2D eigenvalue weighted by atomic mass is 32.2. The zero-order valence-corrected chi connectivity index (χ0v) is 15.2. The molecule has 1 aromatic rings. The number of aromatic amines is 1. The molecule has 3 amide bonds. The normalized spacial score (nSPS) is 26.2. The standard InChI is InChI=1S/C15H21N7O4S/c16-13(25)10-5-27-15(22-10)12(24)8(1-7-2-18-6-19-7)21-14(26)9-3-17-4-11(23)20-9/h2,6,8-10,15,17,22H,1,3-5H2,(H2,16,25)(H,18,19)(H,20,23)(H,21,26)/t8-,9?,10?,15?/m1/s1. The lowest BCUT2D eigenvalue weighted by Crippen LogP contribution is -2.61. The van der Waals surface area contributed by atoms with Gasteiger partial charge in [-0.2, -0.15) is 0 Å². The van der Waals surface area contributed by atoms with Gasteiger partial charge in [-0.3, -0.25) is 24.5 Å². The number of H-pyrrole nitrogens is 1. The summed E-state index contributed by atoms with van der Waals surface area (Å²) in [6, 6.07) is -2.20. The molecule has 27 heavy (non-hydrogen) atoms. The number of carbonyl (C=O) groups is 4. The number of carbonyl (C=O) groups excluding carboxylic acids is 4. The van der Waals surface area contributed by atoms with Gasteiger partial charge in [-0.25, -0.2) is 4.98 Å². The molecule has 2 aliphatic heterocycles. The Morgan fingerprint density at radius 1 is 1.37 bits per heavy atom. The Labute approximate surface area is 159 Å². The van der Waals surface area contributed by atoms with Gasteiger partial charge in [0.1, 0.15) is 11.4 Å². The molecule has 7 N–H and O–H groups in total. The number of hydrogen-bond acceptors (Lipinski definition) is 8. The van der Waals surface area contributed by atoms with Crippen LogP contribution in [0.3, 0.4) is 0 Å². The van der Waals surface area contributed by atoms with Crippen LogP contribution in [0.4, 0.5) is 0 Å². The van der Waals surface area contributed by atoms with Crippen LogP contribution in [0.2, 0.25) is 0 Å². The Morgan fingerprint density at radius 3 is 2.81 bits per heavy atom. The molecule has 3 heterocycles. The highest BCUT2D eigenvalue weighted by Crippen LogP contribution is 2.21. The van der Waals surface area contributed by atoms with Crippen molar-refractivity contribution in [2.24, 2.45) is 5.73 Å². The SMILES string of the molecule is NC(=O)C1CSC(C(=O)[C@@H](Cc2cnc[nH]2)NC(=O)C2CNCC(=O)N2)N1. The maximum absolute atomic E-state index is 12.9. The van der Waals surface area contributed by atoms with Crippen molar-refractivity contribution in [1.82, 2.24) is 31.2 Å². The molecule has 0 radical (unpaired) electrons. The van der Waals surface area contributed by atoms with Crippen LogP contribution in [0, 0.1) is 0 Å². The quantitative estimate of drug-likeness (QED) is 0.277. The summed E-state index contributed by atoms with van der Waals surface area (Å²) >= 11 is 1.27. The minimum absolute atomic E-state index is 0.150. The first-order valence-electron chi connectivity index (χ1n) is 8.42. The van der Waals surface area contributed by atoms with Crippen molar-refractivity contribution in [2.45, 2.75) is 29.9 Å². The highest BCUT2D eigenvalue weighted by molar-refractivity contribution is 8.00. The van der Waals surface area contributed by atoms with Crippen LogP contribution in [0.1, 0.15) is 5.69 Å². The molecule has 1 aromatic heterocycles. The molecule has 12 heteroatoms. The number of rotatable bonds is 7. The largest absolute Gasteiger partial charge is 0.368 e. The van der Waals surface area contributed by atoms with Crippen LogP contribution in [0.15, 0.2) is 12.5 Å². The maximum Gasteiger partial charge on any atom is 0.244 e. The Hall–Kier alpha value is -2.44. The molecule has 2 aliphatic rings. The summed E-state index contributed by atoms with van der Waals surface area (Å²) in [6.07, 6.45) is 3.26. The highest BCUT2D eigenvalue weighted by Gasteiger charge is 2.37. The van der Waals surface area contributed by atoms with Gasteiger partial charge in [0.05, 0.1) is 25.0 Å². The lowest BCUT2D eigenvalue weighted by molar-refractivity contribution is -0.132. The molecule has 11 nitrogen and oxygen atoms in total. The van der Waals surface area contributed by atoms with Gasteiger partial charge < -0.3 is 26.7 Å². The van der Waals surface area contributed by atoms with Gasteiger partial charge in [0, 0.05) is 30.6 Å². The second-order valence-corrected chi connectivity index (χ2v) is 7.47. The van der Waals surface area contributed by atoms with Crippen LogP contribution in [-0.4, -0.2) is 75.8 Å². The number of amides is 3. The summed E-state index contributed by atoms with van der Waals surface area (Å²) in [5.74, 6) is -1.15. The van der Waals surface area contributed by atoms with E-state index < -0.39 is 35.3 Å². The zero-order valence-electron chi connectivity index (χ0n) is 14.4. The summed E-state index contributed by atoms with van der Waals surface area (Å²) in [5, 5.41) is 10.4. The average molecular weight is 395 g/mol. The molecule has 0 aliphatic carbocycles. The van der Waals surface area contributed by atoms with Gasteiger partial charge in [0.15, 0.2) is 5.78 Å². The lowest BCUT2D eigenvalue weighted by atomic mass is 10.1. The van der Waals surface area contributed by atoms with E-state index in [1.807, 2.05) is 0 Å². The second kappa shape index (κ2) is 8.50. The first-order valence-corrected chi connectivity index (χ1v) is 9.47. The van der Waals surface area contributed by atoms with Crippen molar-refractivity contribution in [3.63, 3.8) is 0 Å². The first kappa shape index (κ1) is 19.3. The number of hydrogen-bond donors (Lipinski definition) is 6. The van der Waals surface area contributed by atoms with E-state index in [1.54, 1.807) is 6.20 Å². The van der Waals surface area contributed by atoms with Crippen LogP contribution in [0.25, 0.3) is 0 Å². The molecule has 0 spiro atoms. The van der Waals surface area contributed by atoms with E-state index in [4.69, 9.17) is 5.73 Å². The van der Waals surface area contributed by atoms with Gasteiger partial charge in [-0.05, 0) is 0 Å². The number of thioether (sulfide) groups is 1. The van der Waals surface area contributed by atoms with Crippen molar-refractivity contribution in [1.29, 1.82) is 0 Å². The van der Waals surface area contributed by atoms with E-state index in [2.05, 4.69) is 31.2 Å². The molecule has 3 rings (SSSR count). The molecule has 0 saturated carbocycles. The third-order valence-corrected chi connectivity index (χ3v) is 5.54. The molecule has 146 valence electrons. The van der Waals surface area contributed by atoms with E-state index in [1.165, 1.54) is 18.1 Å². The molecule has 0 bridgehead atoms. The van der Waals surface area contributed by atoms with E-state index in [0.717, 1.165) is 0 Å². The smallest absolute Gasteiger partial charge is 0.244 e. The van der Waals surface area contributed by atoms with Gasteiger partial charge in [0.25, 0.3) is 0 Å². The summed E-state index contributed by atoms with van der Waals surface area (Å²) in [6.45, 7) is 0.431. The average Bonchev–Trinajstić information content (AvgIpc) is 3.32. The van der Waals surface area contributed by atoms with Crippen molar-refractivity contribution >= 4 is 35.3 Å². The molecule has 4 atom stereocenters. The van der Waals surface area contributed by atoms with Crippen LogP contribution in [0.5, 0.6) is 0 Å². The lowest BCUT2D eigenvalue weighted by Gasteiger charge is -2.26. The van der Waals surface area contributed by atoms with E-state index in [9.17, 15) is 19.2 Å². The van der Waals surface area contributed by atoms with Crippen molar-refractivity contribution in [3.8, 4) is 0 Å². The molecule has 2 saturated heterocycles. The minimum Gasteiger partial charge on any atom is -0.368 e. The van der Waals surface area contributed by atoms with Crippen molar-refractivity contribution < 1.29 is 19.2 Å². The summed E-state index contributed by atoms with van der Waals surface area (Å²) in [4.78, 5) is 55.1. The Morgan fingerprint density at radius 2 is 2.19 bits per heavy atom. The van der Waals surface area contributed by atoms with Crippen molar-refractivity contribution in [2.75, 3.05) is 18.8 Å². The number of primary amides is 1. The molecule has 0 aromatic carbocycles. The zero-order chi connectivity index (χ0) is 19.4. The molecular weight excluding hydrogens is 374 g/mol. The summed E-state index contributed by atoms with van der Waals surface area (Å²) in [5.41, 5.74) is 5.96. The number of imidazole rings is 1.